The number of carbonyl (C=O) groups excluding carboxylic acids is 2. The van der Waals surface area contributed by atoms with Crippen LogP contribution in [0.15, 0.2) is 0 Å². The number of amides is 2. The van der Waals surface area contributed by atoms with Crippen LogP contribution in [-0.2, 0) is 9.59 Å². The van der Waals surface area contributed by atoms with E-state index in [4.69, 9.17) is 0 Å². The van der Waals surface area contributed by atoms with Gasteiger partial charge in [0.2, 0.25) is 11.8 Å². The third-order valence-electron chi connectivity index (χ3n) is 3.62. The first-order chi connectivity index (χ1) is 9.67. The standard InChI is InChI=1S/C15H29N3O2/c1-3-7-17-14(19)12-18(9-4-2)15(20)10-13-6-5-8-16-11-13/h13,16H,3-12H2,1-2H3,(H,17,19). The molecular formula is C15H29N3O2. The lowest BCUT2D eigenvalue weighted by atomic mass is 9.95. The average molecular weight is 283 g/mol. The summed E-state index contributed by atoms with van der Waals surface area (Å²) in [4.78, 5) is 25.8. The molecule has 0 aromatic carbocycles. The molecule has 0 radical (unpaired) electrons. The lowest BCUT2D eigenvalue weighted by Gasteiger charge is -2.26. The molecule has 0 spiro atoms. The maximum atomic E-state index is 12.3. The monoisotopic (exact) mass is 283 g/mol. The third kappa shape index (κ3) is 6.37. The van der Waals surface area contributed by atoms with Crippen molar-refractivity contribution in [3.63, 3.8) is 0 Å². The molecule has 0 aromatic rings. The van der Waals surface area contributed by atoms with Gasteiger partial charge in [-0.05, 0) is 44.7 Å². The molecule has 1 rings (SSSR count). The Hall–Kier alpha value is -1.10. The highest BCUT2D eigenvalue weighted by atomic mass is 16.2. The van der Waals surface area contributed by atoms with Crippen LogP contribution in [0.1, 0.15) is 46.0 Å². The summed E-state index contributed by atoms with van der Waals surface area (Å²) in [5.74, 6) is 0.497. The van der Waals surface area contributed by atoms with Crippen molar-refractivity contribution < 1.29 is 9.59 Å². The molecule has 1 aliphatic rings. The molecular weight excluding hydrogens is 254 g/mol. The molecule has 5 nitrogen and oxygen atoms in total. The molecule has 1 unspecified atom stereocenters. The van der Waals surface area contributed by atoms with Crippen LogP contribution < -0.4 is 10.6 Å². The fourth-order valence-electron chi connectivity index (χ4n) is 2.53. The zero-order chi connectivity index (χ0) is 14.8. The van der Waals surface area contributed by atoms with Crippen molar-refractivity contribution in [3.8, 4) is 0 Å². The number of hydrogen-bond acceptors (Lipinski definition) is 3. The van der Waals surface area contributed by atoms with E-state index < -0.39 is 0 Å². The van der Waals surface area contributed by atoms with Gasteiger partial charge < -0.3 is 15.5 Å². The molecule has 2 amide bonds. The van der Waals surface area contributed by atoms with Gasteiger partial charge in [0.1, 0.15) is 0 Å². The summed E-state index contributed by atoms with van der Waals surface area (Å²) >= 11 is 0. The minimum atomic E-state index is -0.0459. The van der Waals surface area contributed by atoms with Crippen LogP contribution in [0.3, 0.4) is 0 Å². The Balaban J connectivity index is 2.42. The van der Waals surface area contributed by atoms with Crippen molar-refractivity contribution >= 4 is 11.8 Å². The molecule has 0 bridgehead atoms. The zero-order valence-corrected chi connectivity index (χ0v) is 12.9. The van der Waals surface area contributed by atoms with E-state index in [0.29, 0.717) is 25.4 Å². The van der Waals surface area contributed by atoms with E-state index in [2.05, 4.69) is 10.6 Å². The molecule has 1 fully saturated rings. The van der Waals surface area contributed by atoms with E-state index in [9.17, 15) is 9.59 Å². The molecule has 1 heterocycles. The summed E-state index contributed by atoms with van der Waals surface area (Å²) in [6, 6.07) is 0. The topological polar surface area (TPSA) is 61.4 Å². The van der Waals surface area contributed by atoms with Crippen molar-refractivity contribution in [2.45, 2.75) is 46.0 Å². The van der Waals surface area contributed by atoms with Crippen LogP contribution in [0.5, 0.6) is 0 Å². The molecule has 0 aliphatic carbocycles. The van der Waals surface area contributed by atoms with E-state index in [-0.39, 0.29) is 18.4 Å². The highest BCUT2D eigenvalue weighted by molar-refractivity contribution is 5.84. The van der Waals surface area contributed by atoms with E-state index in [0.717, 1.165) is 38.8 Å². The second-order valence-corrected chi connectivity index (χ2v) is 5.58. The fraction of sp³-hybridized carbons (Fsp3) is 0.867. The predicted molar refractivity (Wildman–Crippen MR) is 80.4 cm³/mol. The normalized spacial score (nSPS) is 18.6. The van der Waals surface area contributed by atoms with E-state index in [1.54, 1.807) is 4.90 Å². The summed E-state index contributed by atoms with van der Waals surface area (Å²) in [5.41, 5.74) is 0. The molecule has 5 heteroatoms. The summed E-state index contributed by atoms with van der Waals surface area (Å²) in [7, 11) is 0. The van der Waals surface area contributed by atoms with Gasteiger partial charge in [0.25, 0.3) is 0 Å². The largest absolute Gasteiger partial charge is 0.355 e. The van der Waals surface area contributed by atoms with Gasteiger partial charge in [0, 0.05) is 19.5 Å². The molecule has 1 atom stereocenters. The van der Waals surface area contributed by atoms with Gasteiger partial charge in [-0.1, -0.05) is 13.8 Å². The van der Waals surface area contributed by atoms with Crippen molar-refractivity contribution in [2.75, 3.05) is 32.7 Å². The van der Waals surface area contributed by atoms with Crippen molar-refractivity contribution in [3.05, 3.63) is 0 Å². The quantitative estimate of drug-likeness (QED) is 0.702. The molecule has 20 heavy (non-hydrogen) atoms. The lowest BCUT2D eigenvalue weighted by Crippen LogP contribution is -2.43. The SMILES string of the molecule is CCCNC(=O)CN(CCC)C(=O)CC1CCCNC1. The Morgan fingerprint density at radius 1 is 1.30 bits per heavy atom. The molecule has 2 N–H and O–H groups in total. The molecule has 116 valence electrons. The average Bonchev–Trinajstić information content (AvgIpc) is 2.45. The zero-order valence-electron chi connectivity index (χ0n) is 12.9. The van der Waals surface area contributed by atoms with Crippen LogP contribution in [0.4, 0.5) is 0 Å². The smallest absolute Gasteiger partial charge is 0.239 e. The number of nitrogens with zero attached hydrogens (tertiary/aromatic N) is 1. The van der Waals surface area contributed by atoms with Gasteiger partial charge in [-0.2, -0.15) is 0 Å². The minimum absolute atomic E-state index is 0.0459. The Morgan fingerprint density at radius 3 is 2.70 bits per heavy atom. The third-order valence-corrected chi connectivity index (χ3v) is 3.62. The van der Waals surface area contributed by atoms with Crippen LogP contribution in [-0.4, -0.2) is 49.4 Å². The van der Waals surface area contributed by atoms with E-state index in [1.807, 2.05) is 13.8 Å². The Bertz CT molecular complexity index is 301. The molecule has 0 saturated carbocycles. The molecule has 0 aromatic heterocycles. The predicted octanol–water partition coefficient (Wildman–Crippen LogP) is 1.14. The van der Waals surface area contributed by atoms with Crippen LogP contribution in [0, 0.1) is 5.92 Å². The molecule has 1 aliphatic heterocycles. The maximum Gasteiger partial charge on any atom is 0.239 e. The Kier molecular flexibility index (Phi) is 8.26. The first kappa shape index (κ1) is 17.0. The van der Waals surface area contributed by atoms with E-state index in [1.165, 1.54) is 0 Å². The first-order valence-corrected chi connectivity index (χ1v) is 7.92. The highest BCUT2D eigenvalue weighted by Crippen LogP contribution is 2.15. The van der Waals surface area contributed by atoms with Crippen molar-refractivity contribution in [1.82, 2.24) is 15.5 Å². The summed E-state index contributed by atoms with van der Waals surface area (Å²) < 4.78 is 0. The number of rotatable bonds is 8. The number of piperidine rings is 1. The fourth-order valence-corrected chi connectivity index (χ4v) is 2.53. The number of hydrogen-bond donors (Lipinski definition) is 2. The summed E-state index contributed by atoms with van der Waals surface area (Å²) in [5, 5.41) is 6.16. The second-order valence-electron chi connectivity index (χ2n) is 5.58. The minimum Gasteiger partial charge on any atom is -0.355 e. The summed E-state index contributed by atoms with van der Waals surface area (Å²) in [6.07, 6.45) is 4.62. The van der Waals surface area contributed by atoms with Crippen LogP contribution in [0.25, 0.3) is 0 Å². The van der Waals surface area contributed by atoms with Crippen molar-refractivity contribution in [2.24, 2.45) is 5.92 Å². The number of carbonyl (C=O) groups is 2. The molecule has 1 saturated heterocycles. The van der Waals surface area contributed by atoms with Gasteiger partial charge in [-0.25, -0.2) is 0 Å². The van der Waals surface area contributed by atoms with Gasteiger partial charge in [0.05, 0.1) is 6.54 Å². The summed E-state index contributed by atoms with van der Waals surface area (Å²) in [6.45, 7) is 7.58. The van der Waals surface area contributed by atoms with E-state index >= 15 is 0 Å². The van der Waals surface area contributed by atoms with Gasteiger partial charge in [-0.3, -0.25) is 9.59 Å². The maximum absolute atomic E-state index is 12.3. The Morgan fingerprint density at radius 2 is 2.10 bits per heavy atom. The van der Waals surface area contributed by atoms with Gasteiger partial charge in [-0.15, -0.1) is 0 Å². The Labute approximate surface area is 122 Å². The van der Waals surface area contributed by atoms with Crippen LogP contribution in [0.2, 0.25) is 0 Å². The van der Waals surface area contributed by atoms with Crippen molar-refractivity contribution in [1.29, 1.82) is 0 Å². The van der Waals surface area contributed by atoms with Crippen LogP contribution >= 0.6 is 0 Å². The van der Waals surface area contributed by atoms with Gasteiger partial charge >= 0.3 is 0 Å². The van der Waals surface area contributed by atoms with Gasteiger partial charge in [0.15, 0.2) is 0 Å². The second kappa shape index (κ2) is 9.75. The highest BCUT2D eigenvalue weighted by Gasteiger charge is 2.21. The first-order valence-electron chi connectivity index (χ1n) is 7.92. The number of nitrogens with one attached hydrogen (secondary N) is 2. The lowest BCUT2D eigenvalue weighted by molar-refractivity contribution is -0.137.